The first kappa shape index (κ1) is 14.4. The maximum absolute atomic E-state index is 12.5. The number of hydrogen-bond donors (Lipinski definition) is 1. The van der Waals surface area contributed by atoms with E-state index in [0.29, 0.717) is 28.9 Å². The van der Waals surface area contributed by atoms with Crippen molar-refractivity contribution in [2.45, 2.75) is 26.7 Å². The largest absolute Gasteiger partial charge is 0.508 e. The highest BCUT2D eigenvalue weighted by molar-refractivity contribution is 6.09. The third kappa shape index (κ3) is 2.21. The highest BCUT2D eigenvalue weighted by Crippen LogP contribution is 2.35. The van der Waals surface area contributed by atoms with Crippen LogP contribution in [-0.4, -0.2) is 12.2 Å². The molecule has 0 aliphatic rings. The molecular weight excluding hydrogens is 280 g/mol. The van der Waals surface area contributed by atoms with Crippen LogP contribution < -0.4 is 10.2 Å². The first-order valence-corrected chi connectivity index (χ1v) is 7.32. The van der Waals surface area contributed by atoms with E-state index in [2.05, 4.69) is 0 Å². The number of fused-ring (bicyclic) bond motifs is 3. The van der Waals surface area contributed by atoms with Crippen molar-refractivity contribution in [2.24, 2.45) is 0 Å². The van der Waals surface area contributed by atoms with Gasteiger partial charge < -0.3 is 14.3 Å². The quantitative estimate of drug-likeness (QED) is 0.744. The van der Waals surface area contributed by atoms with Crippen molar-refractivity contribution in [2.75, 3.05) is 7.11 Å². The average molecular weight is 298 g/mol. The number of phenolic OH excluding ortho intramolecular Hbond substituents is 1. The summed E-state index contributed by atoms with van der Waals surface area (Å²) in [5.74, 6) is 1.31. The molecule has 0 bridgehead atoms. The molecule has 0 spiro atoms. The Bertz CT molecular complexity index is 922. The molecule has 1 N–H and O–H groups in total. The summed E-state index contributed by atoms with van der Waals surface area (Å²) in [5.41, 5.74) is 1.29. The predicted molar refractivity (Wildman–Crippen MR) is 86.9 cm³/mol. The zero-order chi connectivity index (χ0) is 15.9. The van der Waals surface area contributed by atoms with Gasteiger partial charge in [0.15, 0.2) is 5.43 Å². The van der Waals surface area contributed by atoms with Gasteiger partial charge in [-0.25, -0.2) is 0 Å². The lowest BCUT2D eigenvalue weighted by molar-refractivity contribution is 0.419. The highest BCUT2D eigenvalue weighted by atomic mass is 16.5. The Hall–Kier alpha value is -2.49. The van der Waals surface area contributed by atoms with Gasteiger partial charge in [-0.15, -0.1) is 0 Å². The van der Waals surface area contributed by atoms with E-state index in [0.717, 1.165) is 22.8 Å². The third-order valence-corrected chi connectivity index (χ3v) is 3.83. The summed E-state index contributed by atoms with van der Waals surface area (Å²) in [6.45, 7) is 3.93. The van der Waals surface area contributed by atoms with Gasteiger partial charge in [0.25, 0.3) is 0 Å². The molecule has 0 aliphatic heterocycles. The minimum absolute atomic E-state index is 0.101. The molecule has 0 saturated carbocycles. The number of aryl methyl sites for hydroxylation is 2. The summed E-state index contributed by atoms with van der Waals surface area (Å²) >= 11 is 0. The zero-order valence-corrected chi connectivity index (χ0v) is 12.9. The molecule has 3 rings (SSSR count). The standard InChI is InChI=1S/C18H18O4/c1-4-5-13-9-14(20)17-15(21-3)8-11-7-12(19)6-10(2)16(11)18(17)22-13/h6-9,19H,4-5H2,1-3H3. The zero-order valence-electron chi connectivity index (χ0n) is 12.9. The third-order valence-electron chi connectivity index (χ3n) is 3.83. The van der Waals surface area contributed by atoms with E-state index >= 15 is 0 Å². The van der Waals surface area contributed by atoms with Crippen LogP contribution >= 0.6 is 0 Å². The molecule has 114 valence electrons. The van der Waals surface area contributed by atoms with Gasteiger partial charge in [-0.05, 0) is 42.5 Å². The summed E-state index contributed by atoms with van der Waals surface area (Å²) < 4.78 is 11.4. The molecule has 3 aromatic rings. The topological polar surface area (TPSA) is 59.7 Å². The van der Waals surface area contributed by atoms with Crippen molar-refractivity contribution in [3.8, 4) is 11.5 Å². The van der Waals surface area contributed by atoms with E-state index in [1.165, 1.54) is 13.2 Å². The van der Waals surface area contributed by atoms with Gasteiger partial charge in [-0.2, -0.15) is 0 Å². The van der Waals surface area contributed by atoms with Crippen LogP contribution in [0.5, 0.6) is 11.5 Å². The fraction of sp³-hybridized carbons (Fsp3) is 0.278. The van der Waals surface area contributed by atoms with Crippen molar-refractivity contribution >= 4 is 21.7 Å². The van der Waals surface area contributed by atoms with E-state index in [9.17, 15) is 9.90 Å². The molecule has 0 aliphatic carbocycles. The van der Waals surface area contributed by atoms with Crippen molar-refractivity contribution in [1.29, 1.82) is 0 Å². The second-order valence-electron chi connectivity index (χ2n) is 5.47. The number of ether oxygens (including phenoxy) is 1. The lowest BCUT2D eigenvalue weighted by atomic mass is 10.0. The first-order chi connectivity index (χ1) is 10.5. The lowest BCUT2D eigenvalue weighted by Crippen LogP contribution is -2.05. The van der Waals surface area contributed by atoms with Crippen LogP contribution in [0.1, 0.15) is 24.7 Å². The second-order valence-corrected chi connectivity index (χ2v) is 5.47. The molecule has 0 fully saturated rings. The fourth-order valence-electron chi connectivity index (χ4n) is 2.91. The molecule has 22 heavy (non-hydrogen) atoms. The molecule has 1 heterocycles. The SMILES string of the molecule is CCCc1cc(=O)c2c(OC)cc3cc(O)cc(C)c3c2o1. The van der Waals surface area contributed by atoms with Crippen LogP contribution in [-0.2, 0) is 6.42 Å². The smallest absolute Gasteiger partial charge is 0.196 e. The lowest BCUT2D eigenvalue weighted by Gasteiger charge is -2.11. The number of rotatable bonds is 3. The number of benzene rings is 2. The highest BCUT2D eigenvalue weighted by Gasteiger charge is 2.16. The summed E-state index contributed by atoms with van der Waals surface area (Å²) in [6, 6.07) is 6.62. The van der Waals surface area contributed by atoms with Gasteiger partial charge in [0.1, 0.15) is 28.2 Å². The fourth-order valence-corrected chi connectivity index (χ4v) is 2.91. The number of aromatic hydroxyl groups is 1. The van der Waals surface area contributed by atoms with Gasteiger partial charge >= 0.3 is 0 Å². The van der Waals surface area contributed by atoms with Crippen LogP contribution in [0.25, 0.3) is 21.7 Å². The van der Waals surface area contributed by atoms with E-state index in [4.69, 9.17) is 9.15 Å². The number of methoxy groups -OCH3 is 1. The van der Waals surface area contributed by atoms with Gasteiger partial charge in [-0.1, -0.05) is 6.92 Å². The average Bonchev–Trinajstić information content (AvgIpc) is 2.45. The Labute approximate surface area is 127 Å². The molecule has 0 saturated heterocycles. The van der Waals surface area contributed by atoms with Crippen LogP contribution in [0.2, 0.25) is 0 Å². The molecule has 4 heteroatoms. The van der Waals surface area contributed by atoms with E-state index < -0.39 is 0 Å². The number of phenols is 1. The molecule has 4 nitrogen and oxygen atoms in total. The Morgan fingerprint density at radius 2 is 1.95 bits per heavy atom. The van der Waals surface area contributed by atoms with Gasteiger partial charge in [-0.3, -0.25) is 4.79 Å². The Kier molecular flexibility index (Phi) is 3.53. The molecule has 1 aromatic heterocycles. The Morgan fingerprint density at radius 3 is 2.64 bits per heavy atom. The van der Waals surface area contributed by atoms with Gasteiger partial charge in [0.2, 0.25) is 0 Å². The normalized spacial score (nSPS) is 11.2. The Balaban J connectivity index is 2.55. The summed E-state index contributed by atoms with van der Waals surface area (Å²) in [5, 5.41) is 11.9. The first-order valence-electron chi connectivity index (χ1n) is 7.32. The van der Waals surface area contributed by atoms with Crippen LogP contribution in [0.15, 0.2) is 33.5 Å². The predicted octanol–water partition coefficient (Wildman–Crippen LogP) is 3.92. The Morgan fingerprint density at radius 1 is 1.18 bits per heavy atom. The van der Waals surface area contributed by atoms with Crippen LogP contribution in [0, 0.1) is 6.92 Å². The van der Waals surface area contributed by atoms with Crippen molar-refractivity contribution in [3.63, 3.8) is 0 Å². The molecule has 0 amide bonds. The van der Waals surface area contributed by atoms with Gasteiger partial charge in [0.05, 0.1) is 7.11 Å². The molecule has 2 aromatic carbocycles. The molecular formula is C18H18O4. The molecule has 0 radical (unpaired) electrons. The summed E-state index contributed by atoms with van der Waals surface area (Å²) in [7, 11) is 1.52. The molecule has 0 atom stereocenters. The summed E-state index contributed by atoms with van der Waals surface area (Å²) in [4.78, 5) is 12.5. The summed E-state index contributed by atoms with van der Waals surface area (Å²) in [6.07, 6.45) is 1.61. The van der Waals surface area contributed by atoms with E-state index in [1.54, 1.807) is 18.2 Å². The minimum atomic E-state index is -0.101. The van der Waals surface area contributed by atoms with E-state index in [1.807, 2.05) is 13.8 Å². The maximum Gasteiger partial charge on any atom is 0.196 e. The maximum atomic E-state index is 12.5. The monoisotopic (exact) mass is 298 g/mol. The van der Waals surface area contributed by atoms with E-state index in [-0.39, 0.29) is 11.2 Å². The van der Waals surface area contributed by atoms with Crippen molar-refractivity contribution in [3.05, 3.63) is 45.8 Å². The second kappa shape index (κ2) is 5.37. The minimum Gasteiger partial charge on any atom is -0.508 e. The van der Waals surface area contributed by atoms with Crippen molar-refractivity contribution < 1.29 is 14.3 Å². The molecule has 0 unspecified atom stereocenters. The van der Waals surface area contributed by atoms with Gasteiger partial charge in [0, 0.05) is 17.9 Å². The van der Waals surface area contributed by atoms with Crippen LogP contribution in [0.3, 0.4) is 0 Å². The van der Waals surface area contributed by atoms with Crippen molar-refractivity contribution in [1.82, 2.24) is 0 Å². The van der Waals surface area contributed by atoms with Crippen LogP contribution in [0.4, 0.5) is 0 Å². The number of hydrogen-bond acceptors (Lipinski definition) is 4.